The SMILES string of the molecule is Cc1cc(NC(=O)NCc2ccc(Cl)cc2Cl)no1. The number of rotatable bonds is 3. The molecule has 0 aliphatic heterocycles. The number of hydrogen-bond acceptors (Lipinski definition) is 3. The molecular weight excluding hydrogens is 289 g/mol. The average Bonchev–Trinajstić information content (AvgIpc) is 2.73. The third-order valence-corrected chi connectivity index (χ3v) is 2.91. The van der Waals surface area contributed by atoms with Crippen molar-refractivity contribution in [3.05, 3.63) is 45.6 Å². The Balaban J connectivity index is 1.89. The first-order valence-corrected chi connectivity index (χ1v) is 6.22. The molecule has 2 N–H and O–H groups in total. The summed E-state index contributed by atoms with van der Waals surface area (Å²) in [5.74, 6) is 0.980. The summed E-state index contributed by atoms with van der Waals surface area (Å²) < 4.78 is 4.83. The number of urea groups is 1. The summed E-state index contributed by atoms with van der Waals surface area (Å²) in [5, 5.41) is 9.90. The normalized spacial score (nSPS) is 10.3. The van der Waals surface area contributed by atoms with Crippen LogP contribution in [0.15, 0.2) is 28.8 Å². The van der Waals surface area contributed by atoms with Gasteiger partial charge in [0, 0.05) is 22.7 Å². The zero-order valence-corrected chi connectivity index (χ0v) is 11.5. The maximum absolute atomic E-state index is 11.6. The van der Waals surface area contributed by atoms with Crippen LogP contribution in [0.4, 0.5) is 10.6 Å². The Bertz CT molecular complexity index is 598. The number of hydrogen-bond donors (Lipinski definition) is 2. The van der Waals surface area contributed by atoms with E-state index in [9.17, 15) is 4.79 Å². The summed E-state index contributed by atoms with van der Waals surface area (Å²) in [6.07, 6.45) is 0. The molecule has 0 saturated heterocycles. The van der Waals surface area contributed by atoms with E-state index in [1.165, 1.54) is 0 Å². The fourth-order valence-corrected chi connectivity index (χ4v) is 1.90. The van der Waals surface area contributed by atoms with Gasteiger partial charge in [-0.2, -0.15) is 0 Å². The number of carbonyl (C=O) groups excluding carboxylic acids is 1. The molecule has 5 nitrogen and oxygen atoms in total. The largest absolute Gasteiger partial charge is 0.360 e. The molecule has 0 atom stereocenters. The standard InChI is InChI=1S/C12H11Cl2N3O2/c1-7-4-11(17-19-7)16-12(18)15-6-8-2-3-9(13)5-10(8)14/h2-5H,6H2,1H3,(H2,15,16,17,18). The van der Waals surface area contributed by atoms with E-state index in [4.69, 9.17) is 27.7 Å². The maximum Gasteiger partial charge on any atom is 0.320 e. The Morgan fingerprint density at radius 2 is 2.16 bits per heavy atom. The molecular formula is C12H11Cl2N3O2. The number of halogens is 2. The molecule has 100 valence electrons. The van der Waals surface area contributed by atoms with Crippen molar-refractivity contribution in [3.63, 3.8) is 0 Å². The van der Waals surface area contributed by atoms with Crippen molar-refractivity contribution in [2.75, 3.05) is 5.32 Å². The van der Waals surface area contributed by atoms with Crippen LogP contribution in [0, 0.1) is 6.92 Å². The number of nitrogens with zero attached hydrogens (tertiary/aromatic N) is 1. The van der Waals surface area contributed by atoms with Crippen LogP contribution < -0.4 is 10.6 Å². The van der Waals surface area contributed by atoms with Gasteiger partial charge in [0.2, 0.25) is 0 Å². The highest BCUT2D eigenvalue weighted by Gasteiger charge is 2.07. The van der Waals surface area contributed by atoms with Gasteiger partial charge in [-0.15, -0.1) is 0 Å². The van der Waals surface area contributed by atoms with E-state index in [0.29, 0.717) is 28.2 Å². The smallest absolute Gasteiger partial charge is 0.320 e. The Hall–Kier alpha value is -1.72. The van der Waals surface area contributed by atoms with E-state index in [1.54, 1.807) is 31.2 Å². The van der Waals surface area contributed by atoms with Crippen LogP contribution in [-0.2, 0) is 6.54 Å². The van der Waals surface area contributed by atoms with E-state index >= 15 is 0 Å². The number of nitrogens with one attached hydrogen (secondary N) is 2. The van der Waals surface area contributed by atoms with E-state index in [-0.39, 0.29) is 6.03 Å². The first-order valence-electron chi connectivity index (χ1n) is 5.46. The van der Waals surface area contributed by atoms with Gasteiger partial charge in [0.25, 0.3) is 0 Å². The fraction of sp³-hybridized carbons (Fsp3) is 0.167. The van der Waals surface area contributed by atoms with Crippen LogP contribution >= 0.6 is 23.2 Å². The lowest BCUT2D eigenvalue weighted by molar-refractivity contribution is 0.251. The van der Waals surface area contributed by atoms with Gasteiger partial charge in [0.1, 0.15) is 5.76 Å². The molecule has 0 spiro atoms. The van der Waals surface area contributed by atoms with Crippen LogP contribution in [0.25, 0.3) is 0 Å². The van der Waals surface area contributed by atoms with E-state index in [2.05, 4.69) is 15.8 Å². The number of aryl methyl sites for hydroxylation is 1. The molecule has 19 heavy (non-hydrogen) atoms. The molecule has 2 amide bonds. The predicted octanol–water partition coefficient (Wildman–Crippen LogP) is 3.61. The third kappa shape index (κ3) is 3.87. The lowest BCUT2D eigenvalue weighted by Crippen LogP contribution is -2.28. The topological polar surface area (TPSA) is 67.2 Å². The lowest BCUT2D eigenvalue weighted by atomic mass is 10.2. The van der Waals surface area contributed by atoms with Gasteiger partial charge < -0.3 is 9.84 Å². The van der Waals surface area contributed by atoms with E-state index in [0.717, 1.165) is 5.56 Å². The molecule has 1 heterocycles. The predicted molar refractivity (Wildman–Crippen MR) is 73.6 cm³/mol. The summed E-state index contributed by atoms with van der Waals surface area (Å²) >= 11 is 11.8. The van der Waals surface area contributed by atoms with Crippen LogP contribution in [0.1, 0.15) is 11.3 Å². The summed E-state index contributed by atoms with van der Waals surface area (Å²) in [4.78, 5) is 11.6. The number of amides is 2. The second-order valence-electron chi connectivity index (χ2n) is 3.87. The highest BCUT2D eigenvalue weighted by molar-refractivity contribution is 6.35. The Labute approximate surface area is 119 Å². The maximum atomic E-state index is 11.6. The van der Waals surface area contributed by atoms with Gasteiger partial charge in [-0.1, -0.05) is 34.4 Å². The quantitative estimate of drug-likeness (QED) is 0.910. The minimum Gasteiger partial charge on any atom is -0.360 e. The number of benzene rings is 1. The van der Waals surface area contributed by atoms with Gasteiger partial charge in [-0.3, -0.25) is 5.32 Å². The third-order valence-electron chi connectivity index (χ3n) is 2.32. The highest BCUT2D eigenvalue weighted by Crippen LogP contribution is 2.20. The second kappa shape index (κ2) is 5.95. The van der Waals surface area contributed by atoms with Gasteiger partial charge in [0.05, 0.1) is 0 Å². The minimum atomic E-state index is -0.390. The van der Waals surface area contributed by atoms with Crippen molar-refractivity contribution < 1.29 is 9.32 Å². The molecule has 7 heteroatoms. The molecule has 2 aromatic rings. The molecule has 0 radical (unpaired) electrons. The van der Waals surface area contributed by atoms with Crippen molar-refractivity contribution >= 4 is 35.1 Å². The molecule has 1 aromatic carbocycles. The van der Waals surface area contributed by atoms with Gasteiger partial charge in [0.15, 0.2) is 5.82 Å². The zero-order valence-electron chi connectivity index (χ0n) is 10.0. The van der Waals surface area contributed by atoms with Gasteiger partial charge in [-0.05, 0) is 24.6 Å². The molecule has 0 aliphatic rings. The fourth-order valence-electron chi connectivity index (χ4n) is 1.43. The molecule has 0 bridgehead atoms. The van der Waals surface area contributed by atoms with Crippen molar-refractivity contribution in [1.82, 2.24) is 10.5 Å². The Kier molecular flexibility index (Phi) is 4.29. The Morgan fingerprint density at radius 1 is 1.37 bits per heavy atom. The minimum absolute atomic E-state index is 0.290. The summed E-state index contributed by atoms with van der Waals surface area (Å²) in [7, 11) is 0. The Morgan fingerprint density at radius 3 is 2.79 bits per heavy atom. The van der Waals surface area contributed by atoms with Crippen LogP contribution in [0.3, 0.4) is 0 Å². The number of aromatic nitrogens is 1. The van der Waals surface area contributed by atoms with Gasteiger partial charge in [-0.25, -0.2) is 4.79 Å². The zero-order chi connectivity index (χ0) is 13.8. The van der Waals surface area contributed by atoms with Crippen molar-refractivity contribution in [3.8, 4) is 0 Å². The second-order valence-corrected chi connectivity index (χ2v) is 4.71. The van der Waals surface area contributed by atoms with Crippen molar-refractivity contribution in [1.29, 1.82) is 0 Å². The lowest BCUT2D eigenvalue weighted by Gasteiger charge is -2.07. The first kappa shape index (κ1) is 13.7. The summed E-state index contributed by atoms with van der Waals surface area (Å²) in [6, 6.07) is 6.32. The summed E-state index contributed by atoms with van der Waals surface area (Å²) in [5.41, 5.74) is 0.776. The van der Waals surface area contributed by atoms with E-state index < -0.39 is 0 Å². The van der Waals surface area contributed by atoms with Crippen molar-refractivity contribution in [2.45, 2.75) is 13.5 Å². The molecule has 0 saturated carbocycles. The number of anilines is 1. The number of carbonyl (C=O) groups is 1. The first-order chi connectivity index (χ1) is 9.04. The average molecular weight is 300 g/mol. The van der Waals surface area contributed by atoms with Crippen LogP contribution in [0.2, 0.25) is 10.0 Å². The molecule has 0 unspecified atom stereocenters. The van der Waals surface area contributed by atoms with Gasteiger partial charge >= 0.3 is 6.03 Å². The molecule has 0 aliphatic carbocycles. The highest BCUT2D eigenvalue weighted by atomic mass is 35.5. The summed E-state index contributed by atoms with van der Waals surface area (Å²) in [6.45, 7) is 2.03. The molecule has 2 rings (SSSR count). The van der Waals surface area contributed by atoms with Crippen LogP contribution in [0.5, 0.6) is 0 Å². The van der Waals surface area contributed by atoms with E-state index in [1.807, 2.05) is 0 Å². The van der Waals surface area contributed by atoms with Crippen molar-refractivity contribution in [2.24, 2.45) is 0 Å². The molecule has 0 fully saturated rings. The monoisotopic (exact) mass is 299 g/mol. The molecule has 1 aromatic heterocycles. The van der Waals surface area contributed by atoms with Crippen LogP contribution in [-0.4, -0.2) is 11.2 Å².